The first kappa shape index (κ1) is 13.8. The van der Waals surface area contributed by atoms with Crippen LogP contribution in [-0.2, 0) is 0 Å². The molecule has 2 heterocycles. The molecule has 1 aliphatic rings. The number of anilines is 1. The van der Waals surface area contributed by atoms with Crippen molar-refractivity contribution >= 4 is 32.5 Å². The number of pyridine rings is 1. The third-order valence-electron chi connectivity index (χ3n) is 4.17. The van der Waals surface area contributed by atoms with Gasteiger partial charge in [-0.25, -0.2) is 0 Å². The molecule has 1 fully saturated rings. The Morgan fingerprint density at radius 1 is 1.30 bits per heavy atom. The molecule has 0 radical (unpaired) electrons. The lowest BCUT2D eigenvalue weighted by Crippen LogP contribution is -2.45. The number of nitrogens with zero attached hydrogens (tertiary/aromatic N) is 3. The van der Waals surface area contributed by atoms with Gasteiger partial charge in [0.25, 0.3) is 0 Å². The van der Waals surface area contributed by atoms with Crippen molar-refractivity contribution in [2.45, 2.75) is 18.9 Å². The summed E-state index contributed by atoms with van der Waals surface area (Å²) in [6.07, 6.45) is 4.46. The van der Waals surface area contributed by atoms with E-state index in [1.54, 1.807) is 0 Å². The fourth-order valence-corrected chi connectivity index (χ4v) is 3.46. The van der Waals surface area contributed by atoms with Crippen LogP contribution in [0.15, 0.2) is 34.9 Å². The molecule has 0 spiro atoms. The smallest absolute Gasteiger partial charge is 0.0864 e. The van der Waals surface area contributed by atoms with Crippen molar-refractivity contribution in [3.05, 3.63) is 34.9 Å². The zero-order valence-corrected chi connectivity index (χ0v) is 13.6. The van der Waals surface area contributed by atoms with Gasteiger partial charge >= 0.3 is 0 Å². The molecule has 20 heavy (non-hydrogen) atoms. The summed E-state index contributed by atoms with van der Waals surface area (Å²) in [6, 6.07) is 9.09. The van der Waals surface area contributed by atoms with Crippen LogP contribution < -0.4 is 4.90 Å². The maximum atomic E-state index is 4.51. The summed E-state index contributed by atoms with van der Waals surface area (Å²) in [5.41, 5.74) is 2.36. The lowest BCUT2D eigenvalue weighted by molar-refractivity contribution is 0.258. The number of rotatable bonds is 2. The van der Waals surface area contributed by atoms with Gasteiger partial charge < -0.3 is 9.80 Å². The second kappa shape index (κ2) is 5.70. The van der Waals surface area contributed by atoms with Gasteiger partial charge in [-0.05, 0) is 55.0 Å². The van der Waals surface area contributed by atoms with Gasteiger partial charge in [0.15, 0.2) is 0 Å². The summed E-state index contributed by atoms with van der Waals surface area (Å²) in [6.45, 7) is 2.23. The van der Waals surface area contributed by atoms with Crippen molar-refractivity contribution in [1.29, 1.82) is 0 Å². The van der Waals surface area contributed by atoms with Gasteiger partial charge in [0.05, 0.1) is 5.52 Å². The number of para-hydroxylation sites is 1. The first-order chi connectivity index (χ1) is 9.66. The molecule has 0 saturated carbocycles. The number of piperidine rings is 1. The Hall–Kier alpha value is -1.13. The predicted octanol–water partition coefficient (Wildman–Crippen LogP) is 3.53. The van der Waals surface area contributed by atoms with Crippen LogP contribution in [0.4, 0.5) is 5.69 Å². The minimum atomic E-state index is 0.638. The Bertz CT molecular complexity index is 612. The molecule has 1 aliphatic heterocycles. The van der Waals surface area contributed by atoms with Crippen molar-refractivity contribution in [3.8, 4) is 0 Å². The Morgan fingerprint density at radius 3 is 2.95 bits per heavy atom. The fourth-order valence-electron chi connectivity index (χ4n) is 3.00. The minimum Gasteiger partial charge on any atom is -0.369 e. The number of benzene rings is 1. The molecule has 3 rings (SSSR count). The van der Waals surface area contributed by atoms with E-state index in [2.05, 4.69) is 69.1 Å². The summed E-state index contributed by atoms with van der Waals surface area (Å²) in [5, 5.41) is 1.24. The van der Waals surface area contributed by atoms with Crippen LogP contribution in [0.1, 0.15) is 12.8 Å². The van der Waals surface area contributed by atoms with E-state index in [1.807, 2.05) is 6.20 Å². The van der Waals surface area contributed by atoms with Crippen LogP contribution >= 0.6 is 15.9 Å². The van der Waals surface area contributed by atoms with E-state index in [-0.39, 0.29) is 0 Å². The van der Waals surface area contributed by atoms with E-state index in [0.29, 0.717) is 6.04 Å². The second-order valence-corrected chi connectivity index (χ2v) is 6.53. The zero-order chi connectivity index (χ0) is 14.1. The number of fused-ring (bicyclic) bond motifs is 1. The van der Waals surface area contributed by atoms with Crippen molar-refractivity contribution in [2.75, 3.05) is 32.1 Å². The summed E-state index contributed by atoms with van der Waals surface area (Å²) in [5.74, 6) is 0. The van der Waals surface area contributed by atoms with E-state index in [1.165, 1.54) is 23.9 Å². The van der Waals surface area contributed by atoms with Gasteiger partial charge in [0.1, 0.15) is 0 Å². The average molecular weight is 334 g/mol. The van der Waals surface area contributed by atoms with E-state index in [4.69, 9.17) is 0 Å². The average Bonchev–Trinajstić information content (AvgIpc) is 2.47. The standard InChI is InChI=1S/C16H20BrN3/c1-19(2)12-5-4-10-20(11-12)15-8-9-18-16-13(15)6-3-7-14(16)17/h3,6-9,12H,4-5,10-11H2,1-2H3. The Balaban J connectivity index is 2.00. The van der Waals surface area contributed by atoms with Crippen LogP contribution in [0.3, 0.4) is 0 Å². The van der Waals surface area contributed by atoms with Gasteiger partial charge in [-0.1, -0.05) is 12.1 Å². The van der Waals surface area contributed by atoms with Gasteiger partial charge in [-0.15, -0.1) is 0 Å². The third kappa shape index (κ3) is 2.54. The maximum absolute atomic E-state index is 4.51. The number of likely N-dealkylation sites (N-methyl/N-ethyl adjacent to an activating group) is 1. The highest BCUT2D eigenvalue weighted by atomic mass is 79.9. The molecule has 0 amide bonds. The largest absolute Gasteiger partial charge is 0.369 e. The Morgan fingerprint density at radius 2 is 2.15 bits per heavy atom. The molecule has 3 nitrogen and oxygen atoms in total. The number of halogens is 1. The lowest BCUT2D eigenvalue weighted by atomic mass is 10.0. The molecule has 0 aliphatic carbocycles. The minimum absolute atomic E-state index is 0.638. The molecular weight excluding hydrogens is 314 g/mol. The zero-order valence-electron chi connectivity index (χ0n) is 12.0. The van der Waals surface area contributed by atoms with Gasteiger partial charge in [0, 0.05) is 40.9 Å². The van der Waals surface area contributed by atoms with Crippen LogP contribution in [-0.4, -0.2) is 43.1 Å². The molecule has 4 heteroatoms. The maximum Gasteiger partial charge on any atom is 0.0864 e. The van der Waals surface area contributed by atoms with Crippen LogP contribution in [0.25, 0.3) is 10.9 Å². The normalized spacial score (nSPS) is 19.8. The van der Waals surface area contributed by atoms with E-state index >= 15 is 0 Å². The van der Waals surface area contributed by atoms with Crippen LogP contribution in [0, 0.1) is 0 Å². The molecule has 1 aromatic carbocycles. The molecule has 1 atom stereocenters. The molecule has 2 aromatic rings. The molecule has 1 unspecified atom stereocenters. The molecule has 1 aromatic heterocycles. The topological polar surface area (TPSA) is 19.4 Å². The molecule has 1 saturated heterocycles. The monoisotopic (exact) mass is 333 g/mol. The van der Waals surface area contributed by atoms with E-state index < -0.39 is 0 Å². The SMILES string of the molecule is CN(C)C1CCCN(c2ccnc3c(Br)cccc23)C1. The summed E-state index contributed by atoms with van der Waals surface area (Å²) in [7, 11) is 4.35. The third-order valence-corrected chi connectivity index (χ3v) is 4.81. The van der Waals surface area contributed by atoms with Gasteiger partial charge in [-0.3, -0.25) is 4.98 Å². The van der Waals surface area contributed by atoms with Gasteiger partial charge in [-0.2, -0.15) is 0 Å². The molecule has 0 bridgehead atoms. The van der Waals surface area contributed by atoms with Crippen molar-refractivity contribution in [3.63, 3.8) is 0 Å². The van der Waals surface area contributed by atoms with E-state index in [9.17, 15) is 0 Å². The second-order valence-electron chi connectivity index (χ2n) is 5.67. The number of aromatic nitrogens is 1. The molecule has 0 N–H and O–H groups in total. The Kier molecular flexibility index (Phi) is 3.94. The van der Waals surface area contributed by atoms with Crippen molar-refractivity contribution in [1.82, 2.24) is 9.88 Å². The highest BCUT2D eigenvalue weighted by Crippen LogP contribution is 2.31. The number of hydrogen-bond donors (Lipinski definition) is 0. The number of hydrogen-bond acceptors (Lipinski definition) is 3. The van der Waals surface area contributed by atoms with Crippen LogP contribution in [0.2, 0.25) is 0 Å². The van der Waals surface area contributed by atoms with Gasteiger partial charge in [0.2, 0.25) is 0 Å². The first-order valence-corrected chi connectivity index (χ1v) is 7.90. The lowest BCUT2D eigenvalue weighted by Gasteiger charge is -2.37. The fraction of sp³-hybridized carbons (Fsp3) is 0.438. The predicted molar refractivity (Wildman–Crippen MR) is 88.4 cm³/mol. The van der Waals surface area contributed by atoms with Crippen molar-refractivity contribution < 1.29 is 0 Å². The summed E-state index contributed by atoms with van der Waals surface area (Å²) in [4.78, 5) is 9.35. The first-order valence-electron chi connectivity index (χ1n) is 7.11. The molecule has 106 valence electrons. The Labute approximate surface area is 128 Å². The van der Waals surface area contributed by atoms with E-state index in [0.717, 1.165) is 23.1 Å². The quantitative estimate of drug-likeness (QED) is 0.838. The highest BCUT2D eigenvalue weighted by molar-refractivity contribution is 9.10. The molecular formula is C16H20BrN3. The highest BCUT2D eigenvalue weighted by Gasteiger charge is 2.22. The summed E-state index contributed by atoms with van der Waals surface area (Å²) >= 11 is 3.60. The van der Waals surface area contributed by atoms with Crippen LogP contribution in [0.5, 0.6) is 0 Å². The summed E-state index contributed by atoms with van der Waals surface area (Å²) < 4.78 is 1.07. The van der Waals surface area contributed by atoms with Crippen molar-refractivity contribution in [2.24, 2.45) is 0 Å².